The Labute approximate surface area is 194 Å². The first-order chi connectivity index (χ1) is 15.5. The van der Waals surface area contributed by atoms with Gasteiger partial charge < -0.3 is 5.32 Å². The van der Waals surface area contributed by atoms with Gasteiger partial charge in [0.2, 0.25) is 5.91 Å². The number of carbonyl (C=O) groups is 2. The molecule has 4 rings (SSSR count). The van der Waals surface area contributed by atoms with Crippen molar-refractivity contribution in [3.05, 3.63) is 95.0 Å². The van der Waals surface area contributed by atoms with Crippen molar-refractivity contribution in [1.29, 1.82) is 0 Å². The van der Waals surface area contributed by atoms with Crippen LogP contribution in [0.3, 0.4) is 0 Å². The molecule has 0 atom stereocenters. The van der Waals surface area contributed by atoms with Crippen molar-refractivity contribution >= 4 is 40.9 Å². The highest BCUT2D eigenvalue weighted by Crippen LogP contribution is 2.30. The monoisotopic (exact) mass is 462 g/mol. The van der Waals surface area contributed by atoms with Gasteiger partial charge in [-0.2, -0.15) is 0 Å². The molecule has 0 aliphatic rings. The predicted molar refractivity (Wildman–Crippen MR) is 127 cm³/mol. The van der Waals surface area contributed by atoms with E-state index in [1.807, 2.05) is 55.5 Å². The van der Waals surface area contributed by atoms with Gasteiger partial charge in [-0.15, -0.1) is 10.2 Å². The van der Waals surface area contributed by atoms with Gasteiger partial charge in [0.15, 0.2) is 11.0 Å². The maximum atomic E-state index is 13.4. The van der Waals surface area contributed by atoms with E-state index in [0.29, 0.717) is 32.8 Å². The van der Waals surface area contributed by atoms with E-state index in [2.05, 4.69) is 15.5 Å². The zero-order valence-corrected chi connectivity index (χ0v) is 18.7. The second-order valence-electron chi connectivity index (χ2n) is 7.00. The standard InChI is InChI=1S/C24H19ClN4O2S/c1-16-8-7-9-17(14-16)23(31)29-22(19-12-5-6-13-20(19)25)27-28-24(29)32-15-21(30)26-18-10-3-2-4-11-18/h2-14H,15H2,1H3,(H,26,30). The van der Waals surface area contributed by atoms with Crippen LogP contribution in [0.2, 0.25) is 5.02 Å². The average molecular weight is 463 g/mol. The van der Waals surface area contributed by atoms with Crippen LogP contribution in [0.4, 0.5) is 5.69 Å². The van der Waals surface area contributed by atoms with Crippen molar-refractivity contribution in [1.82, 2.24) is 14.8 Å². The highest BCUT2D eigenvalue weighted by atomic mass is 35.5. The maximum absolute atomic E-state index is 13.4. The van der Waals surface area contributed by atoms with Crippen molar-refractivity contribution in [2.24, 2.45) is 0 Å². The molecule has 0 aliphatic carbocycles. The third kappa shape index (κ3) is 4.90. The minimum atomic E-state index is -0.292. The van der Waals surface area contributed by atoms with Crippen LogP contribution in [0.1, 0.15) is 15.9 Å². The smallest absolute Gasteiger partial charge is 0.265 e. The molecule has 1 aromatic heterocycles. The van der Waals surface area contributed by atoms with E-state index in [4.69, 9.17) is 11.6 Å². The molecule has 0 fully saturated rings. The molecule has 1 N–H and O–H groups in total. The van der Waals surface area contributed by atoms with Gasteiger partial charge >= 0.3 is 0 Å². The summed E-state index contributed by atoms with van der Waals surface area (Å²) in [7, 11) is 0. The molecule has 8 heteroatoms. The van der Waals surface area contributed by atoms with Crippen LogP contribution in [0, 0.1) is 6.92 Å². The number of anilines is 1. The lowest BCUT2D eigenvalue weighted by Crippen LogP contribution is -2.17. The molecule has 0 spiro atoms. The van der Waals surface area contributed by atoms with Crippen LogP contribution in [0.25, 0.3) is 11.4 Å². The minimum Gasteiger partial charge on any atom is -0.325 e. The number of benzene rings is 3. The molecular weight excluding hydrogens is 444 g/mol. The number of thioether (sulfide) groups is 1. The lowest BCUT2D eigenvalue weighted by atomic mass is 10.1. The number of hydrogen-bond donors (Lipinski definition) is 1. The summed E-state index contributed by atoms with van der Waals surface area (Å²) >= 11 is 7.51. The predicted octanol–water partition coefficient (Wildman–Crippen LogP) is 5.33. The quantitative estimate of drug-likeness (QED) is 0.392. The number of hydrogen-bond acceptors (Lipinski definition) is 5. The fourth-order valence-electron chi connectivity index (χ4n) is 3.12. The van der Waals surface area contributed by atoms with Gasteiger partial charge in [-0.3, -0.25) is 9.59 Å². The summed E-state index contributed by atoms with van der Waals surface area (Å²) in [4.78, 5) is 25.9. The molecule has 0 saturated heterocycles. The summed E-state index contributed by atoms with van der Waals surface area (Å²) < 4.78 is 1.41. The number of para-hydroxylation sites is 1. The van der Waals surface area contributed by atoms with Crippen molar-refractivity contribution in [2.45, 2.75) is 12.1 Å². The van der Waals surface area contributed by atoms with Gasteiger partial charge in [-0.25, -0.2) is 4.57 Å². The molecule has 160 valence electrons. The Morgan fingerprint density at radius 1 is 0.969 bits per heavy atom. The number of nitrogens with one attached hydrogen (secondary N) is 1. The van der Waals surface area contributed by atoms with Crippen molar-refractivity contribution in [3.8, 4) is 11.4 Å². The van der Waals surface area contributed by atoms with Crippen LogP contribution >= 0.6 is 23.4 Å². The molecule has 32 heavy (non-hydrogen) atoms. The zero-order chi connectivity index (χ0) is 22.5. The summed E-state index contributed by atoms with van der Waals surface area (Å²) in [5.74, 6) is -0.109. The molecule has 0 saturated carbocycles. The van der Waals surface area contributed by atoms with E-state index in [1.165, 1.54) is 4.57 Å². The van der Waals surface area contributed by atoms with E-state index < -0.39 is 0 Å². The number of nitrogens with zero attached hydrogens (tertiary/aromatic N) is 3. The number of aromatic nitrogens is 3. The number of amides is 1. The van der Waals surface area contributed by atoms with Crippen molar-refractivity contribution < 1.29 is 9.59 Å². The first-order valence-corrected chi connectivity index (χ1v) is 11.2. The highest BCUT2D eigenvalue weighted by molar-refractivity contribution is 7.99. The fourth-order valence-corrected chi connectivity index (χ4v) is 4.07. The van der Waals surface area contributed by atoms with Crippen LogP contribution in [0.15, 0.2) is 84.0 Å². The normalized spacial score (nSPS) is 10.7. The van der Waals surface area contributed by atoms with Gasteiger partial charge in [0, 0.05) is 16.8 Å². The summed E-state index contributed by atoms with van der Waals surface area (Å²) in [5.41, 5.74) is 2.74. The summed E-state index contributed by atoms with van der Waals surface area (Å²) in [6.07, 6.45) is 0. The topological polar surface area (TPSA) is 76.9 Å². The van der Waals surface area contributed by atoms with Gasteiger partial charge in [-0.1, -0.05) is 71.4 Å². The van der Waals surface area contributed by atoms with Gasteiger partial charge in [0.25, 0.3) is 5.91 Å². The van der Waals surface area contributed by atoms with Crippen LogP contribution < -0.4 is 5.32 Å². The van der Waals surface area contributed by atoms with Gasteiger partial charge in [-0.05, 0) is 43.3 Å². The van der Waals surface area contributed by atoms with Crippen LogP contribution in [-0.2, 0) is 4.79 Å². The molecule has 1 amide bonds. The molecular formula is C24H19ClN4O2S. The second-order valence-corrected chi connectivity index (χ2v) is 8.35. The second kappa shape index (κ2) is 9.80. The Morgan fingerprint density at radius 2 is 1.72 bits per heavy atom. The molecule has 3 aromatic carbocycles. The third-order valence-electron chi connectivity index (χ3n) is 4.61. The molecule has 0 unspecified atom stereocenters. The van der Waals surface area contributed by atoms with Crippen molar-refractivity contribution in [2.75, 3.05) is 11.1 Å². The third-order valence-corrected chi connectivity index (χ3v) is 5.86. The van der Waals surface area contributed by atoms with Gasteiger partial charge in [0.1, 0.15) is 0 Å². The molecule has 0 bridgehead atoms. The van der Waals surface area contributed by atoms with Crippen LogP contribution in [-0.4, -0.2) is 32.3 Å². The Kier molecular flexibility index (Phi) is 6.68. The molecule has 0 aliphatic heterocycles. The van der Waals surface area contributed by atoms with E-state index in [-0.39, 0.29) is 17.6 Å². The largest absolute Gasteiger partial charge is 0.325 e. The summed E-state index contributed by atoms with van der Waals surface area (Å²) in [6.45, 7) is 1.92. The fraction of sp³-hybridized carbons (Fsp3) is 0.0833. The Morgan fingerprint density at radius 3 is 2.47 bits per heavy atom. The van der Waals surface area contributed by atoms with Crippen LogP contribution in [0.5, 0.6) is 0 Å². The highest BCUT2D eigenvalue weighted by Gasteiger charge is 2.23. The molecule has 4 aromatic rings. The Balaban J connectivity index is 1.65. The first-order valence-electron chi connectivity index (χ1n) is 9.82. The lowest BCUT2D eigenvalue weighted by Gasteiger charge is -2.10. The summed E-state index contributed by atoms with van der Waals surface area (Å²) in [6, 6.07) is 23.6. The number of carbonyl (C=O) groups excluding carboxylic acids is 2. The number of aryl methyl sites for hydroxylation is 1. The first kappa shape index (κ1) is 21.8. The Hall–Kier alpha value is -3.42. The van der Waals surface area contributed by atoms with E-state index in [0.717, 1.165) is 17.3 Å². The summed E-state index contributed by atoms with van der Waals surface area (Å²) in [5, 5.41) is 12.0. The lowest BCUT2D eigenvalue weighted by molar-refractivity contribution is -0.113. The molecule has 1 heterocycles. The SMILES string of the molecule is Cc1cccc(C(=O)n2c(SCC(=O)Nc3ccccc3)nnc2-c2ccccc2Cl)c1. The van der Waals surface area contributed by atoms with E-state index in [9.17, 15) is 9.59 Å². The maximum Gasteiger partial charge on any atom is 0.265 e. The van der Waals surface area contributed by atoms with Gasteiger partial charge in [0.05, 0.1) is 10.8 Å². The number of halogens is 1. The Bertz CT molecular complexity index is 1270. The zero-order valence-electron chi connectivity index (χ0n) is 17.2. The molecule has 0 radical (unpaired) electrons. The average Bonchev–Trinajstić information content (AvgIpc) is 3.22. The van der Waals surface area contributed by atoms with Crippen molar-refractivity contribution in [3.63, 3.8) is 0 Å². The van der Waals surface area contributed by atoms with E-state index in [1.54, 1.807) is 30.3 Å². The molecule has 6 nitrogen and oxygen atoms in total. The van der Waals surface area contributed by atoms with E-state index >= 15 is 0 Å². The number of rotatable bonds is 6. The minimum absolute atomic E-state index is 0.0661.